The minimum Gasteiger partial charge on any atom is -0.368 e. The van der Waals surface area contributed by atoms with Gasteiger partial charge in [-0.2, -0.15) is 0 Å². The standard InChI is InChI=1S/C26H28N2/c1-2-6-22(7-3-1)23-12-10-21(11-13-23)20-27-17-15-25(16-18-27)28-19-14-24-8-4-5-9-26(24)28/h1-13,25H,14-20H2. The summed E-state index contributed by atoms with van der Waals surface area (Å²) in [5, 5.41) is 0. The van der Waals surface area contributed by atoms with Crippen LogP contribution in [0.25, 0.3) is 11.1 Å². The fourth-order valence-electron chi connectivity index (χ4n) is 4.82. The van der Waals surface area contributed by atoms with Gasteiger partial charge in [-0.25, -0.2) is 0 Å². The zero-order valence-electron chi connectivity index (χ0n) is 16.4. The summed E-state index contributed by atoms with van der Waals surface area (Å²) in [7, 11) is 0. The highest BCUT2D eigenvalue weighted by atomic mass is 15.2. The third-order valence-corrected chi connectivity index (χ3v) is 6.39. The molecule has 1 fully saturated rings. The van der Waals surface area contributed by atoms with Gasteiger partial charge in [-0.3, -0.25) is 4.90 Å². The van der Waals surface area contributed by atoms with E-state index in [2.05, 4.69) is 88.7 Å². The fraction of sp³-hybridized carbons (Fsp3) is 0.308. The Morgan fingerprint density at radius 2 is 1.36 bits per heavy atom. The van der Waals surface area contributed by atoms with Crippen molar-refractivity contribution in [2.24, 2.45) is 0 Å². The first-order valence-electron chi connectivity index (χ1n) is 10.6. The summed E-state index contributed by atoms with van der Waals surface area (Å²) in [5.41, 5.74) is 7.03. The van der Waals surface area contributed by atoms with Crippen LogP contribution >= 0.6 is 0 Å². The van der Waals surface area contributed by atoms with Crippen LogP contribution in [0.2, 0.25) is 0 Å². The van der Waals surface area contributed by atoms with Gasteiger partial charge in [0.15, 0.2) is 0 Å². The molecule has 0 spiro atoms. The first kappa shape index (κ1) is 17.5. The van der Waals surface area contributed by atoms with Gasteiger partial charge < -0.3 is 4.90 Å². The highest BCUT2D eigenvalue weighted by Gasteiger charge is 2.28. The average molecular weight is 369 g/mol. The van der Waals surface area contributed by atoms with Crippen LogP contribution in [-0.2, 0) is 13.0 Å². The molecule has 2 nitrogen and oxygen atoms in total. The van der Waals surface area contributed by atoms with Gasteiger partial charge >= 0.3 is 0 Å². The molecule has 0 radical (unpaired) electrons. The molecule has 0 aliphatic carbocycles. The minimum absolute atomic E-state index is 0.709. The Labute approximate surface area is 168 Å². The van der Waals surface area contributed by atoms with E-state index in [4.69, 9.17) is 0 Å². The molecular formula is C26H28N2. The molecule has 2 heterocycles. The van der Waals surface area contributed by atoms with Gasteiger partial charge in [0.25, 0.3) is 0 Å². The van der Waals surface area contributed by atoms with Crippen molar-refractivity contribution < 1.29 is 0 Å². The Kier molecular flexibility index (Phi) is 4.88. The Hall–Kier alpha value is -2.58. The van der Waals surface area contributed by atoms with Crippen molar-refractivity contribution in [1.82, 2.24) is 4.90 Å². The molecule has 2 heteroatoms. The highest BCUT2D eigenvalue weighted by molar-refractivity contribution is 5.63. The number of likely N-dealkylation sites (tertiary alicyclic amines) is 1. The molecular weight excluding hydrogens is 340 g/mol. The summed E-state index contributed by atoms with van der Waals surface area (Å²) < 4.78 is 0. The summed E-state index contributed by atoms with van der Waals surface area (Å²) in [6.07, 6.45) is 3.76. The lowest BCUT2D eigenvalue weighted by molar-refractivity contribution is 0.202. The number of hydrogen-bond donors (Lipinski definition) is 0. The van der Waals surface area contributed by atoms with E-state index < -0.39 is 0 Å². The smallest absolute Gasteiger partial charge is 0.0402 e. The van der Waals surface area contributed by atoms with Gasteiger partial charge in [-0.1, -0.05) is 72.8 Å². The quantitative estimate of drug-likeness (QED) is 0.610. The Balaban J connectivity index is 1.18. The second-order valence-corrected chi connectivity index (χ2v) is 8.14. The molecule has 0 amide bonds. The number of para-hydroxylation sites is 1. The molecule has 142 valence electrons. The number of anilines is 1. The van der Waals surface area contributed by atoms with E-state index in [0.717, 1.165) is 6.54 Å². The molecule has 0 bridgehead atoms. The topological polar surface area (TPSA) is 6.48 Å². The normalized spacial score (nSPS) is 17.6. The number of piperidine rings is 1. The van der Waals surface area contributed by atoms with E-state index in [1.54, 1.807) is 0 Å². The third-order valence-electron chi connectivity index (χ3n) is 6.39. The number of nitrogens with zero attached hydrogens (tertiary/aromatic N) is 2. The average Bonchev–Trinajstić information content (AvgIpc) is 3.20. The van der Waals surface area contributed by atoms with E-state index in [1.807, 2.05) is 0 Å². The lowest BCUT2D eigenvalue weighted by Crippen LogP contribution is -2.44. The second kappa shape index (κ2) is 7.81. The highest BCUT2D eigenvalue weighted by Crippen LogP contribution is 2.32. The van der Waals surface area contributed by atoms with Crippen molar-refractivity contribution in [3.63, 3.8) is 0 Å². The molecule has 3 aromatic rings. The predicted octanol–water partition coefficient (Wildman–Crippen LogP) is 5.38. The van der Waals surface area contributed by atoms with E-state index in [9.17, 15) is 0 Å². The molecule has 0 N–H and O–H groups in total. The number of hydrogen-bond acceptors (Lipinski definition) is 2. The lowest BCUT2D eigenvalue weighted by Gasteiger charge is -2.38. The van der Waals surface area contributed by atoms with E-state index in [1.165, 1.54) is 66.8 Å². The predicted molar refractivity (Wildman–Crippen MR) is 118 cm³/mol. The molecule has 0 saturated carbocycles. The number of benzene rings is 3. The van der Waals surface area contributed by atoms with Crippen molar-refractivity contribution in [3.8, 4) is 11.1 Å². The Morgan fingerprint density at radius 3 is 2.14 bits per heavy atom. The SMILES string of the molecule is c1ccc(-c2ccc(CN3CCC(N4CCc5ccccc54)CC3)cc2)cc1. The van der Waals surface area contributed by atoms with Crippen LogP contribution in [0.3, 0.4) is 0 Å². The van der Waals surface area contributed by atoms with Gasteiger partial charge in [-0.05, 0) is 47.6 Å². The minimum atomic E-state index is 0.709. The summed E-state index contributed by atoms with van der Waals surface area (Å²) in [5.74, 6) is 0. The monoisotopic (exact) mass is 368 g/mol. The van der Waals surface area contributed by atoms with Crippen molar-refractivity contribution >= 4 is 5.69 Å². The Bertz CT molecular complexity index is 909. The maximum atomic E-state index is 2.67. The second-order valence-electron chi connectivity index (χ2n) is 8.14. The van der Waals surface area contributed by atoms with Gasteiger partial charge in [-0.15, -0.1) is 0 Å². The maximum Gasteiger partial charge on any atom is 0.0402 e. The van der Waals surface area contributed by atoms with E-state index in [0.29, 0.717) is 6.04 Å². The zero-order chi connectivity index (χ0) is 18.8. The van der Waals surface area contributed by atoms with Crippen molar-refractivity contribution in [1.29, 1.82) is 0 Å². The van der Waals surface area contributed by atoms with Gasteiger partial charge in [0, 0.05) is 37.9 Å². The number of rotatable bonds is 4. The van der Waals surface area contributed by atoms with Crippen LogP contribution in [0.5, 0.6) is 0 Å². The number of fused-ring (bicyclic) bond motifs is 1. The molecule has 0 aromatic heterocycles. The molecule has 28 heavy (non-hydrogen) atoms. The van der Waals surface area contributed by atoms with Crippen LogP contribution in [0, 0.1) is 0 Å². The third kappa shape index (κ3) is 3.57. The molecule has 5 rings (SSSR count). The molecule has 3 aromatic carbocycles. The fourth-order valence-corrected chi connectivity index (χ4v) is 4.82. The van der Waals surface area contributed by atoms with Crippen LogP contribution in [-0.4, -0.2) is 30.6 Å². The summed E-state index contributed by atoms with van der Waals surface area (Å²) in [4.78, 5) is 5.29. The van der Waals surface area contributed by atoms with Crippen LogP contribution in [0.15, 0.2) is 78.9 Å². The molecule has 0 atom stereocenters. The first-order valence-corrected chi connectivity index (χ1v) is 10.6. The van der Waals surface area contributed by atoms with Crippen molar-refractivity contribution in [3.05, 3.63) is 90.0 Å². The summed E-state index contributed by atoms with van der Waals surface area (Å²) >= 11 is 0. The lowest BCUT2D eigenvalue weighted by atomic mass is 10.0. The molecule has 1 saturated heterocycles. The zero-order valence-corrected chi connectivity index (χ0v) is 16.4. The van der Waals surface area contributed by atoms with Gasteiger partial charge in [0.2, 0.25) is 0 Å². The molecule has 2 aliphatic heterocycles. The molecule has 2 aliphatic rings. The Morgan fingerprint density at radius 1 is 0.679 bits per heavy atom. The molecule has 0 unspecified atom stereocenters. The largest absolute Gasteiger partial charge is 0.368 e. The first-order chi connectivity index (χ1) is 13.9. The van der Waals surface area contributed by atoms with E-state index >= 15 is 0 Å². The van der Waals surface area contributed by atoms with Gasteiger partial charge in [0.05, 0.1) is 0 Å². The summed E-state index contributed by atoms with van der Waals surface area (Å²) in [6.45, 7) is 4.66. The van der Waals surface area contributed by atoms with Gasteiger partial charge in [0.1, 0.15) is 0 Å². The maximum absolute atomic E-state index is 2.67. The summed E-state index contributed by atoms with van der Waals surface area (Å²) in [6, 6.07) is 29.4. The van der Waals surface area contributed by atoms with Crippen LogP contribution in [0.1, 0.15) is 24.0 Å². The van der Waals surface area contributed by atoms with Crippen molar-refractivity contribution in [2.45, 2.75) is 31.8 Å². The van der Waals surface area contributed by atoms with Crippen molar-refractivity contribution in [2.75, 3.05) is 24.5 Å². The van der Waals surface area contributed by atoms with E-state index in [-0.39, 0.29) is 0 Å². The van der Waals surface area contributed by atoms with Crippen LogP contribution in [0.4, 0.5) is 5.69 Å². The van der Waals surface area contributed by atoms with Crippen LogP contribution < -0.4 is 4.90 Å².